The van der Waals surface area contributed by atoms with Gasteiger partial charge in [0.05, 0.1) is 6.04 Å². The summed E-state index contributed by atoms with van der Waals surface area (Å²) in [6, 6.07) is 15.7. The number of guanidine groups is 1. The van der Waals surface area contributed by atoms with Gasteiger partial charge < -0.3 is 10.6 Å². The number of anilines is 2. The summed E-state index contributed by atoms with van der Waals surface area (Å²) in [6.45, 7) is 5.60. The monoisotopic (exact) mass is 577 g/mol. The average Bonchev–Trinajstić information content (AvgIpc) is 2.94. The summed E-state index contributed by atoms with van der Waals surface area (Å²) in [5.74, 6) is 0.760. The molecule has 2 aromatic rings. The molecule has 1 amide bonds. The third-order valence-corrected chi connectivity index (χ3v) is 10.3. The highest BCUT2D eigenvalue weighted by Gasteiger charge is 2.44. The van der Waals surface area contributed by atoms with Crippen molar-refractivity contribution >= 4 is 39.5 Å². The summed E-state index contributed by atoms with van der Waals surface area (Å²) in [7, 11) is -3.79. The Morgan fingerprint density at radius 3 is 2.27 bits per heavy atom. The summed E-state index contributed by atoms with van der Waals surface area (Å²) in [5, 5.41) is 4.88. The standard InChI is InChI=1S/C31H36FN5O3S/c1-21-20-33-30(36-29(21)25-9-13-26(14-10-25)34-22(2)38)35-27-11-7-23(8-12-27)24-15-18-37(19-16-24)41(39,40)28-6-4-5-17-31(28,3)32/h4-14,17,20-21,24,28-29H,15-16,18-19H2,1-3H3,(H,34,38)(H,35,36). The van der Waals surface area contributed by atoms with Crippen LogP contribution in [0.3, 0.4) is 0 Å². The zero-order chi connectivity index (χ0) is 29.2. The van der Waals surface area contributed by atoms with E-state index in [0.717, 1.165) is 22.5 Å². The summed E-state index contributed by atoms with van der Waals surface area (Å²) in [5.41, 5.74) is 1.86. The molecule has 1 fully saturated rings. The number of rotatable bonds is 6. The van der Waals surface area contributed by atoms with E-state index < -0.39 is 20.9 Å². The van der Waals surface area contributed by atoms with E-state index in [-0.39, 0.29) is 23.8 Å². The Bertz CT molecular complexity index is 1490. The molecule has 1 aliphatic carbocycles. The smallest absolute Gasteiger partial charge is 0.224 e. The minimum absolute atomic E-state index is 0.0995. The first-order valence-corrected chi connectivity index (χ1v) is 15.4. The summed E-state index contributed by atoms with van der Waals surface area (Å²) >= 11 is 0. The van der Waals surface area contributed by atoms with E-state index in [4.69, 9.17) is 4.99 Å². The van der Waals surface area contributed by atoms with Gasteiger partial charge in [0.25, 0.3) is 0 Å². The van der Waals surface area contributed by atoms with Gasteiger partial charge in [0.2, 0.25) is 21.9 Å². The van der Waals surface area contributed by atoms with Crippen LogP contribution in [0.1, 0.15) is 56.7 Å². The van der Waals surface area contributed by atoms with Gasteiger partial charge in [-0.3, -0.25) is 4.79 Å². The zero-order valence-electron chi connectivity index (χ0n) is 23.5. The Morgan fingerprint density at radius 2 is 1.63 bits per heavy atom. The van der Waals surface area contributed by atoms with Gasteiger partial charge in [-0.25, -0.2) is 27.1 Å². The fourth-order valence-electron chi connectivity index (χ4n) is 5.62. The summed E-state index contributed by atoms with van der Waals surface area (Å²) in [6.07, 6.45) is 9.16. The molecule has 2 N–H and O–H groups in total. The van der Waals surface area contributed by atoms with Gasteiger partial charge in [-0.15, -0.1) is 0 Å². The number of halogens is 1. The molecule has 4 atom stereocenters. The number of hydrogen-bond acceptors (Lipinski definition) is 6. The molecule has 2 aliphatic heterocycles. The first kappa shape index (κ1) is 28.9. The number of piperidine rings is 1. The van der Waals surface area contributed by atoms with Gasteiger partial charge in [-0.1, -0.05) is 49.4 Å². The maximum atomic E-state index is 14.9. The first-order chi connectivity index (χ1) is 19.5. The van der Waals surface area contributed by atoms with Crippen LogP contribution in [0.5, 0.6) is 0 Å². The highest BCUT2D eigenvalue weighted by Crippen LogP contribution is 2.35. The molecule has 0 radical (unpaired) electrons. The predicted octanol–water partition coefficient (Wildman–Crippen LogP) is 5.61. The molecule has 0 spiro atoms. The van der Waals surface area contributed by atoms with Crippen LogP contribution >= 0.6 is 0 Å². The minimum Gasteiger partial charge on any atom is -0.326 e. The Morgan fingerprint density at radius 1 is 1.00 bits per heavy atom. The third-order valence-electron chi connectivity index (χ3n) is 7.91. The number of carbonyl (C=O) groups is 1. The van der Waals surface area contributed by atoms with Crippen molar-refractivity contribution in [3.05, 3.63) is 84.0 Å². The Kier molecular flexibility index (Phi) is 8.24. The number of benzene rings is 2. The molecular formula is C31H36FN5O3S. The van der Waals surface area contributed by atoms with Gasteiger partial charge in [0, 0.05) is 43.5 Å². The molecule has 3 aliphatic rings. The molecule has 8 nitrogen and oxygen atoms in total. The van der Waals surface area contributed by atoms with Crippen LogP contribution in [0.25, 0.3) is 0 Å². The van der Waals surface area contributed by atoms with Crippen molar-refractivity contribution in [1.82, 2.24) is 4.31 Å². The number of sulfonamides is 1. The number of carbonyl (C=O) groups excluding carboxylic acids is 1. The Balaban J connectivity index is 1.20. The molecule has 0 aromatic heterocycles. The van der Waals surface area contributed by atoms with E-state index in [2.05, 4.69) is 34.7 Å². The Labute approximate surface area is 241 Å². The zero-order valence-corrected chi connectivity index (χ0v) is 24.3. The van der Waals surface area contributed by atoms with Gasteiger partial charge in [-0.2, -0.15) is 0 Å². The fourth-order valence-corrected chi connectivity index (χ4v) is 7.61. The quantitative estimate of drug-likeness (QED) is 0.466. The van der Waals surface area contributed by atoms with E-state index in [1.165, 1.54) is 30.3 Å². The average molecular weight is 578 g/mol. The highest BCUT2D eigenvalue weighted by atomic mass is 32.2. The minimum atomic E-state index is -3.79. The topological polar surface area (TPSA) is 103 Å². The number of hydrogen-bond donors (Lipinski definition) is 2. The predicted molar refractivity (Wildman–Crippen MR) is 163 cm³/mol. The van der Waals surface area contributed by atoms with Crippen molar-refractivity contribution in [2.75, 3.05) is 23.7 Å². The normalized spacial score (nSPS) is 26.9. The third kappa shape index (κ3) is 6.49. The SMILES string of the molecule is CC(=O)Nc1ccc(C2N=C(Nc3ccc(C4CCN(S(=O)(=O)C5C=CC=CC5(C)F)CC4)cc3)N=CC2C)cc1. The first-order valence-electron chi connectivity index (χ1n) is 13.9. The van der Waals surface area contributed by atoms with Crippen LogP contribution in [-0.2, 0) is 14.8 Å². The number of aliphatic imine (C=N–C) groups is 2. The van der Waals surface area contributed by atoms with Gasteiger partial charge in [-0.05, 0) is 67.2 Å². The maximum Gasteiger partial charge on any atom is 0.224 e. The molecule has 216 valence electrons. The van der Waals surface area contributed by atoms with Crippen LogP contribution in [0.2, 0.25) is 0 Å². The molecule has 2 heterocycles. The summed E-state index contributed by atoms with van der Waals surface area (Å²) < 4.78 is 42.7. The van der Waals surface area contributed by atoms with Crippen LogP contribution in [0.15, 0.2) is 82.8 Å². The molecule has 0 saturated carbocycles. The largest absolute Gasteiger partial charge is 0.326 e. The molecule has 0 bridgehead atoms. The molecule has 2 aromatic carbocycles. The van der Waals surface area contributed by atoms with Gasteiger partial charge >= 0.3 is 0 Å². The van der Waals surface area contributed by atoms with Crippen molar-refractivity contribution in [2.45, 2.75) is 56.5 Å². The van der Waals surface area contributed by atoms with E-state index in [9.17, 15) is 17.6 Å². The molecule has 1 saturated heterocycles. The number of nitrogens with zero attached hydrogens (tertiary/aromatic N) is 3. The van der Waals surface area contributed by atoms with E-state index >= 15 is 0 Å². The second-order valence-corrected chi connectivity index (χ2v) is 13.2. The number of amides is 1. The molecule has 4 unspecified atom stereocenters. The van der Waals surface area contributed by atoms with E-state index in [0.29, 0.717) is 31.9 Å². The lowest BCUT2D eigenvalue weighted by atomic mass is 9.90. The van der Waals surface area contributed by atoms with Gasteiger partial charge in [0.15, 0.2) is 0 Å². The van der Waals surface area contributed by atoms with Crippen molar-refractivity contribution in [2.24, 2.45) is 15.9 Å². The van der Waals surface area contributed by atoms with Crippen molar-refractivity contribution in [3.8, 4) is 0 Å². The van der Waals surface area contributed by atoms with Crippen LogP contribution in [-0.4, -0.2) is 54.8 Å². The fraction of sp³-hybridized carbons (Fsp3) is 0.387. The molecule has 5 rings (SSSR count). The van der Waals surface area contributed by atoms with Crippen molar-refractivity contribution < 1.29 is 17.6 Å². The lowest BCUT2D eigenvalue weighted by Crippen LogP contribution is -2.49. The number of allylic oxidation sites excluding steroid dienone is 3. The molecular weight excluding hydrogens is 541 g/mol. The van der Waals surface area contributed by atoms with E-state index in [1.54, 1.807) is 12.2 Å². The lowest BCUT2D eigenvalue weighted by molar-refractivity contribution is -0.114. The van der Waals surface area contributed by atoms with Gasteiger partial charge in [0.1, 0.15) is 10.9 Å². The maximum absolute atomic E-state index is 14.9. The Hall–Kier alpha value is -3.63. The molecule has 41 heavy (non-hydrogen) atoms. The van der Waals surface area contributed by atoms with Crippen LogP contribution < -0.4 is 10.6 Å². The van der Waals surface area contributed by atoms with E-state index in [1.807, 2.05) is 42.6 Å². The molecule has 10 heteroatoms. The lowest BCUT2D eigenvalue weighted by Gasteiger charge is -2.36. The van der Waals surface area contributed by atoms with Crippen molar-refractivity contribution in [3.63, 3.8) is 0 Å². The summed E-state index contributed by atoms with van der Waals surface area (Å²) in [4.78, 5) is 20.6. The van der Waals surface area contributed by atoms with Crippen molar-refractivity contribution in [1.29, 1.82) is 0 Å². The number of alkyl halides is 1. The van der Waals surface area contributed by atoms with Crippen LogP contribution in [0.4, 0.5) is 15.8 Å². The number of nitrogens with one attached hydrogen (secondary N) is 2. The van der Waals surface area contributed by atoms with Crippen LogP contribution in [0, 0.1) is 5.92 Å². The highest BCUT2D eigenvalue weighted by molar-refractivity contribution is 7.90. The second-order valence-electron chi connectivity index (χ2n) is 11.1. The second kappa shape index (κ2) is 11.7.